The van der Waals surface area contributed by atoms with Crippen LogP contribution < -0.4 is 5.32 Å². The van der Waals surface area contributed by atoms with Gasteiger partial charge >= 0.3 is 0 Å². The van der Waals surface area contributed by atoms with Gasteiger partial charge in [-0.2, -0.15) is 0 Å². The molecule has 1 N–H and O–H groups in total. The van der Waals surface area contributed by atoms with Crippen molar-refractivity contribution in [1.29, 1.82) is 0 Å². The molecule has 0 spiro atoms. The summed E-state index contributed by atoms with van der Waals surface area (Å²) in [5, 5.41) is 3.40. The zero-order valence-corrected chi connectivity index (χ0v) is 13.5. The van der Waals surface area contributed by atoms with E-state index in [0.29, 0.717) is 18.4 Å². The fraction of sp³-hybridized carbons (Fsp3) is 0.923. The van der Waals surface area contributed by atoms with Crippen LogP contribution in [0.5, 0.6) is 0 Å². The standard InChI is InChI=1S/C13H23N3O2.2ClH/c1-2-15-3-4-18-12(9-15)13(17)16-7-10-5-14-6-11(10)8-16;;/h10-12,14H,2-9H2,1H3;2*1H/t10-,11+,12?;;. The van der Waals surface area contributed by atoms with Crippen LogP contribution in [0.25, 0.3) is 0 Å². The first kappa shape index (κ1) is 18.0. The first-order valence-electron chi connectivity index (χ1n) is 7.11. The Morgan fingerprint density at radius 3 is 2.45 bits per heavy atom. The van der Waals surface area contributed by atoms with Gasteiger partial charge in [-0.05, 0) is 18.4 Å². The molecule has 3 heterocycles. The number of morpholine rings is 1. The summed E-state index contributed by atoms with van der Waals surface area (Å²) in [6.45, 7) is 9.52. The lowest BCUT2D eigenvalue weighted by Gasteiger charge is -2.33. The second-order valence-corrected chi connectivity index (χ2v) is 5.67. The third-order valence-corrected chi connectivity index (χ3v) is 4.57. The Bertz CT molecular complexity index is 314. The lowest BCUT2D eigenvalue weighted by atomic mass is 10.0. The van der Waals surface area contributed by atoms with E-state index < -0.39 is 0 Å². The molecule has 3 rings (SSSR count). The van der Waals surface area contributed by atoms with Crippen LogP contribution in [0, 0.1) is 11.8 Å². The van der Waals surface area contributed by atoms with Crippen LogP contribution in [0.2, 0.25) is 0 Å². The Kier molecular flexibility index (Phi) is 7.01. The molecule has 1 amide bonds. The summed E-state index contributed by atoms with van der Waals surface area (Å²) in [5.41, 5.74) is 0. The van der Waals surface area contributed by atoms with Gasteiger partial charge in [0.25, 0.3) is 5.91 Å². The molecule has 3 saturated heterocycles. The van der Waals surface area contributed by atoms with Crippen LogP contribution in [0.3, 0.4) is 0 Å². The maximum absolute atomic E-state index is 12.4. The molecule has 5 nitrogen and oxygen atoms in total. The number of likely N-dealkylation sites (N-methyl/N-ethyl adjacent to an activating group) is 1. The van der Waals surface area contributed by atoms with E-state index in [1.165, 1.54) is 0 Å². The van der Waals surface area contributed by atoms with Crippen molar-refractivity contribution < 1.29 is 9.53 Å². The smallest absolute Gasteiger partial charge is 0.253 e. The molecule has 0 aliphatic carbocycles. The number of fused-ring (bicyclic) bond motifs is 1. The van der Waals surface area contributed by atoms with E-state index >= 15 is 0 Å². The molecule has 3 fully saturated rings. The summed E-state index contributed by atoms with van der Waals surface area (Å²) in [7, 11) is 0. The van der Waals surface area contributed by atoms with Gasteiger partial charge in [-0.25, -0.2) is 0 Å². The van der Waals surface area contributed by atoms with Gasteiger partial charge in [0.1, 0.15) is 6.10 Å². The van der Waals surface area contributed by atoms with Crippen molar-refractivity contribution in [3.63, 3.8) is 0 Å². The quantitative estimate of drug-likeness (QED) is 0.789. The summed E-state index contributed by atoms with van der Waals surface area (Å²) in [5.74, 6) is 1.54. The van der Waals surface area contributed by atoms with Crippen LogP contribution in [0.15, 0.2) is 0 Å². The maximum atomic E-state index is 12.4. The van der Waals surface area contributed by atoms with Crippen molar-refractivity contribution in [3.8, 4) is 0 Å². The van der Waals surface area contributed by atoms with E-state index in [1.807, 2.05) is 4.90 Å². The van der Waals surface area contributed by atoms with Crippen molar-refractivity contribution >= 4 is 30.7 Å². The number of likely N-dealkylation sites (tertiary alicyclic amines) is 1. The Hall–Kier alpha value is -0.0700. The van der Waals surface area contributed by atoms with Gasteiger partial charge < -0.3 is 15.0 Å². The number of hydrogen-bond acceptors (Lipinski definition) is 4. The van der Waals surface area contributed by atoms with E-state index in [1.54, 1.807) is 0 Å². The molecule has 3 aliphatic heterocycles. The molecule has 1 unspecified atom stereocenters. The second kappa shape index (κ2) is 7.80. The van der Waals surface area contributed by atoms with Crippen molar-refractivity contribution in [1.82, 2.24) is 15.1 Å². The number of amides is 1. The minimum absolute atomic E-state index is 0. The molecule has 0 radical (unpaired) electrons. The number of halogens is 2. The first-order valence-corrected chi connectivity index (χ1v) is 7.11. The van der Waals surface area contributed by atoms with Crippen LogP contribution in [-0.2, 0) is 9.53 Å². The van der Waals surface area contributed by atoms with Gasteiger partial charge in [0.15, 0.2) is 0 Å². The lowest BCUT2D eigenvalue weighted by molar-refractivity contribution is -0.148. The Morgan fingerprint density at radius 1 is 1.20 bits per heavy atom. The third-order valence-electron chi connectivity index (χ3n) is 4.57. The SMILES string of the molecule is CCN1CCOC(C(=O)N2C[C@H]3CNC[C@H]3C2)C1.Cl.Cl. The minimum Gasteiger partial charge on any atom is -0.366 e. The number of carbonyl (C=O) groups excluding carboxylic acids is 1. The topological polar surface area (TPSA) is 44.8 Å². The number of rotatable bonds is 2. The summed E-state index contributed by atoms with van der Waals surface area (Å²) < 4.78 is 5.66. The molecule has 20 heavy (non-hydrogen) atoms. The molecule has 7 heteroatoms. The summed E-state index contributed by atoms with van der Waals surface area (Å²) in [6.07, 6.45) is -0.231. The van der Waals surface area contributed by atoms with Crippen LogP contribution in [0.4, 0.5) is 0 Å². The van der Waals surface area contributed by atoms with Crippen LogP contribution in [0.1, 0.15) is 6.92 Å². The minimum atomic E-state index is -0.231. The fourth-order valence-electron chi connectivity index (χ4n) is 3.38. The third kappa shape index (κ3) is 3.57. The molecule has 0 aromatic rings. The Morgan fingerprint density at radius 2 is 1.85 bits per heavy atom. The zero-order valence-electron chi connectivity index (χ0n) is 11.9. The van der Waals surface area contributed by atoms with Gasteiger partial charge in [0.05, 0.1) is 6.61 Å². The van der Waals surface area contributed by atoms with Gasteiger partial charge in [-0.1, -0.05) is 6.92 Å². The highest BCUT2D eigenvalue weighted by Gasteiger charge is 2.40. The maximum Gasteiger partial charge on any atom is 0.253 e. The monoisotopic (exact) mass is 325 g/mol. The molecule has 0 aromatic carbocycles. The Labute approximate surface area is 133 Å². The van der Waals surface area contributed by atoms with Crippen molar-refractivity contribution in [3.05, 3.63) is 0 Å². The molecule has 0 saturated carbocycles. The molecular weight excluding hydrogens is 301 g/mol. The highest BCUT2D eigenvalue weighted by molar-refractivity contribution is 5.85. The highest BCUT2D eigenvalue weighted by atomic mass is 35.5. The first-order chi connectivity index (χ1) is 8.78. The predicted molar refractivity (Wildman–Crippen MR) is 82.8 cm³/mol. The van der Waals surface area contributed by atoms with E-state index in [-0.39, 0.29) is 36.8 Å². The largest absolute Gasteiger partial charge is 0.366 e. The van der Waals surface area contributed by atoms with E-state index in [4.69, 9.17) is 4.74 Å². The fourth-order valence-corrected chi connectivity index (χ4v) is 3.38. The number of carbonyl (C=O) groups is 1. The molecule has 3 aliphatic rings. The van der Waals surface area contributed by atoms with E-state index in [0.717, 1.165) is 45.8 Å². The predicted octanol–water partition coefficient (Wildman–Crippen LogP) is 0.229. The lowest BCUT2D eigenvalue weighted by Crippen LogP contribution is -2.50. The number of nitrogens with one attached hydrogen (secondary N) is 1. The van der Waals surface area contributed by atoms with Crippen LogP contribution >= 0.6 is 24.8 Å². The second-order valence-electron chi connectivity index (χ2n) is 5.67. The summed E-state index contributed by atoms with van der Waals surface area (Å²) in [4.78, 5) is 16.8. The molecule has 0 bridgehead atoms. The van der Waals surface area contributed by atoms with Crippen molar-refractivity contribution in [2.75, 3.05) is 52.4 Å². The van der Waals surface area contributed by atoms with Gasteiger partial charge in [0, 0.05) is 39.3 Å². The Balaban J connectivity index is 0.000001000. The highest BCUT2D eigenvalue weighted by Crippen LogP contribution is 2.27. The molecule has 118 valence electrons. The van der Waals surface area contributed by atoms with E-state index in [2.05, 4.69) is 17.1 Å². The number of nitrogens with zero attached hydrogens (tertiary/aromatic N) is 2. The number of hydrogen-bond donors (Lipinski definition) is 1. The normalized spacial score (nSPS) is 33.2. The van der Waals surface area contributed by atoms with Gasteiger partial charge in [-0.15, -0.1) is 24.8 Å². The summed E-state index contributed by atoms with van der Waals surface area (Å²) >= 11 is 0. The molecular formula is C13H25Cl2N3O2. The average molecular weight is 326 g/mol. The summed E-state index contributed by atoms with van der Waals surface area (Å²) in [6, 6.07) is 0. The molecule has 0 aromatic heterocycles. The molecule has 3 atom stereocenters. The number of ether oxygens (including phenoxy) is 1. The van der Waals surface area contributed by atoms with Crippen LogP contribution in [-0.4, -0.2) is 74.2 Å². The average Bonchev–Trinajstić information content (AvgIpc) is 2.98. The zero-order chi connectivity index (χ0) is 12.5. The van der Waals surface area contributed by atoms with E-state index in [9.17, 15) is 4.79 Å². The van der Waals surface area contributed by atoms with Crippen molar-refractivity contribution in [2.45, 2.75) is 13.0 Å². The van der Waals surface area contributed by atoms with Gasteiger partial charge in [0.2, 0.25) is 0 Å². The van der Waals surface area contributed by atoms with Gasteiger partial charge in [-0.3, -0.25) is 9.69 Å². The van der Waals surface area contributed by atoms with Crippen molar-refractivity contribution in [2.24, 2.45) is 11.8 Å².